The van der Waals surface area contributed by atoms with E-state index in [9.17, 15) is 4.79 Å². The SMILES string of the molecule is O=C(CSc1nnc(-c2ccccc2)o1)Nc1cccc(Br)c1. The van der Waals surface area contributed by atoms with Gasteiger partial charge in [-0.05, 0) is 30.3 Å². The molecule has 7 heteroatoms. The van der Waals surface area contributed by atoms with Crippen molar-refractivity contribution in [3.63, 3.8) is 0 Å². The Bertz CT molecular complexity index is 808. The average Bonchev–Trinajstić information content (AvgIpc) is 3.03. The molecule has 2 aromatic carbocycles. The highest BCUT2D eigenvalue weighted by atomic mass is 79.9. The lowest BCUT2D eigenvalue weighted by molar-refractivity contribution is -0.113. The molecule has 0 aliphatic carbocycles. The predicted molar refractivity (Wildman–Crippen MR) is 93.2 cm³/mol. The number of carbonyl (C=O) groups excluding carboxylic acids is 1. The van der Waals surface area contributed by atoms with Crippen LogP contribution < -0.4 is 5.32 Å². The number of nitrogens with zero attached hydrogens (tertiary/aromatic N) is 2. The van der Waals surface area contributed by atoms with E-state index in [1.165, 1.54) is 11.8 Å². The molecule has 23 heavy (non-hydrogen) atoms. The smallest absolute Gasteiger partial charge is 0.277 e. The van der Waals surface area contributed by atoms with E-state index in [4.69, 9.17) is 4.42 Å². The quantitative estimate of drug-likeness (QED) is 0.661. The molecule has 0 aliphatic rings. The number of benzene rings is 2. The third kappa shape index (κ3) is 4.43. The third-order valence-electron chi connectivity index (χ3n) is 2.86. The number of rotatable bonds is 5. The van der Waals surface area contributed by atoms with Crippen molar-refractivity contribution in [1.29, 1.82) is 0 Å². The summed E-state index contributed by atoms with van der Waals surface area (Å²) >= 11 is 4.57. The first-order valence-corrected chi connectivity index (χ1v) is 8.56. The highest BCUT2D eigenvalue weighted by Gasteiger charge is 2.11. The summed E-state index contributed by atoms with van der Waals surface area (Å²) in [4.78, 5) is 11.9. The van der Waals surface area contributed by atoms with E-state index < -0.39 is 0 Å². The Labute approximate surface area is 145 Å². The van der Waals surface area contributed by atoms with Crippen LogP contribution in [0.1, 0.15) is 0 Å². The number of hydrogen-bond acceptors (Lipinski definition) is 5. The molecule has 5 nitrogen and oxygen atoms in total. The molecule has 3 rings (SSSR count). The molecule has 0 fully saturated rings. The lowest BCUT2D eigenvalue weighted by Crippen LogP contribution is -2.13. The van der Waals surface area contributed by atoms with Crippen LogP contribution in [-0.2, 0) is 4.79 Å². The first kappa shape index (κ1) is 15.8. The second kappa shape index (κ2) is 7.43. The number of amides is 1. The molecule has 0 unspecified atom stereocenters. The number of anilines is 1. The lowest BCUT2D eigenvalue weighted by atomic mass is 10.2. The fourth-order valence-electron chi connectivity index (χ4n) is 1.86. The standard InChI is InChI=1S/C16H12BrN3O2S/c17-12-7-4-8-13(9-12)18-14(21)10-23-16-20-19-15(22-16)11-5-2-1-3-6-11/h1-9H,10H2,(H,18,21). The van der Waals surface area contributed by atoms with Gasteiger partial charge in [0.25, 0.3) is 5.22 Å². The van der Waals surface area contributed by atoms with Crippen molar-refractivity contribution in [2.75, 3.05) is 11.1 Å². The Morgan fingerprint density at radius 1 is 1.13 bits per heavy atom. The summed E-state index contributed by atoms with van der Waals surface area (Å²) in [6, 6.07) is 16.9. The van der Waals surface area contributed by atoms with Crippen molar-refractivity contribution in [2.24, 2.45) is 0 Å². The second-order valence-corrected chi connectivity index (χ2v) is 6.43. The highest BCUT2D eigenvalue weighted by molar-refractivity contribution is 9.10. The number of halogens is 1. The Balaban J connectivity index is 1.56. The van der Waals surface area contributed by atoms with Gasteiger partial charge in [0.2, 0.25) is 11.8 Å². The summed E-state index contributed by atoms with van der Waals surface area (Å²) in [5, 5.41) is 11.1. The van der Waals surface area contributed by atoms with Crippen LogP contribution in [0, 0.1) is 0 Å². The van der Waals surface area contributed by atoms with Crippen LogP contribution in [0.15, 0.2) is 68.7 Å². The molecule has 1 amide bonds. The van der Waals surface area contributed by atoms with E-state index in [1.807, 2.05) is 54.6 Å². The van der Waals surface area contributed by atoms with Crippen LogP contribution in [0.3, 0.4) is 0 Å². The van der Waals surface area contributed by atoms with Crippen LogP contribution in [0.4, 0.5) is 5.69 Å². The van der Waals surface area contributed by atoms with E-state index in [0.717, 1.165) is 15.7 Å². The summed E-state index contributed by atoms with van der Waals surface area (Å²) in [6.45, 7) is 0. The Morgan fingerprint density at radius 3 is 2.74 bits per heavy atom. The number of carbonyl (C=O) groups is 1. The minimum Gasteiger partial charge on any atom is -0.411 e. The zero-order chi connectivity index (χ0) is 16.1. The molecule has 0 aliphatic heterocycles. The van der Waals surface area contributed by atoms with Crippen LogP contribution in [-0.4, -0.2) is 21.9 Å². The summed E-state index contributed by atoms with van der Waals surface area (Å²) in [5.74, 6) is 0.510. The lowest BCUT2D eigenvalue weighted by Gasteiger charge is -2.04. The topological polar surface area (TPSA) is 68.0 Å². The van der Waals surface area contributed by atoms with Gasteiger partial charge in [-0.25, -0.2) is 0 Å². The van der Waals surface area contributed by atoms with Gasteiger partial charge in [-0.2, -0.15) is 0 Å². The largest absolute Gasteiger partial charge is 0.411 e. The van der Waals surface area contributed by atoms with Gasteiger partial charge in [0.05, 0.1) is 5.75 Å². The third-order valence-corrected chi connectivity index (χ3v) is 4.17. The molecular weight excluding hydrogens is 378 g/mol. The molecule has 3 aromatic rings. The summed E-state index contributed by atoms with van der Waals surface area (Å²) in [6.07, 6.45) is 0. The first-order chi connectivity index (χ1) is 11.2. The molecule has 0 radical (unpaired) electrons. The number of thioether (sulfide) groups is 1. The van der Waals surface area contributed by atoms with E-state index >= 15 is 0 Å². The maximum absolute atomic E-state index is 11.9. The number of aromatic nitrogens is 2. The molecule has 1 N–H and O–H groups in total. The van der Waals surface area contributed by atoms with Crippen LogP contribution in [0.5, 0.6) is 0 Å². The summed E-state index contributed by atoms with van der Waals surface area (Å²) in [5.41, 5.74) is 1.59. The molecule has 1 heterocycles. The van der Waals surface area contributed by atoms with Crippen molar-refractivity contribution >= 4 is 39.3 Å². The van der Waals surface area contributed by atoms with Crippen LogP contribution >= 0.6 is 27.7 Å². The molecule has 0 saturated carbocycles. The van der Waals surface area contributed by atoms with Crippen molar-refractivity contribution in [3.8, 4) is 11.5 Å². The van der Waals surface area contributed by atoms with Gasteiger partial charge in [-0.3, -0.25) is 4.79 Å². The predicted octanol–water partition coefficient (Wildman–Crippen LogP) is 4.23. The summed E-state index contributed by atoms with van der Waals surface area (Å²) in [7, 11) is 0. The number of nitrogens with one attached hydrogen (secondary N) is 1. The number of hydrogen-bond donors (Lipinski definition) is 1. The average molecular weight is 390 g/mol. The monoisotopic (exact) mass is 389 g/mol. The zero-order valence-electron chi connectivity index (χ0n) is 11.9. The van der Waals surface area contributed by atoms with E-state index in [2.05, 4.69) is 31.4 Å². The van der Waals surface area contributed by atoms with Gasteiger partial charge < -0.3 is 9.73 Å². The molecule has 0 saturated heterocycles. The van der Waals surface area contributed by atoms with E-state index in [1.54, 1.807) is 0 Å². The van der Waals surface area contributed by atoms with Crippen LogP contribution in [0.25, 0.3) is 11.5 Å². The Kier molecular flexibility index (Phi) is 5.09. The highest BCUT2D eigenvalue weighted by Crippen LogP contribution is 2.23. The van der Waals surface area contributed by atoms with Crippen molar-refractivity contribution in [1.82, 2.24) is 10.2 Å². The van der Waals surface area contributed by atoms with Gasteiger partial charge in [-0.15, -0.1) is 10.2 Å². The van der Waals surface area contributed by atoms with E-state index in [0.29, 0.717) is 11.1 Å². The first-order valence-electron chi connectivity index (χ1n) is 6.78. The van der Waals surface area contributed by atoms with Gasteiger partial charge in [0.15, 0.2) is 0 Å². The maximum Gasteiger partial charge on any atom is 0.277 e. The van der Waals surface area contributed by atoms with Gasteiger partial charge in [0, 0.05) is 15.7 Å². The minimum atomic E-state index is -0.132. The Hall–Kier alpha value is -2.12. The molecule has 0 spiro atoms. The zero-order valence-corrected chi connectivity index (χ0v) is 14.3. The normalized spacial score (nSPS) is 10.5. The fraction of sp³-hybridized carbons (Fsp3) is 0.0625. The fourth-order valence-corrected chi connectivity index (χ4v) is 2.82. The summed E-state index contributed by atoms with van der Waals surface area (Å²) < 4.78 is 6.45. The second-order valence-electron chi connectivity index (χ2n) is 4.59. The molecule has 116 valence electrons. The molecule has 0 atom stereocenters. The van der Waals surface area contributed by atoms with Gasteiger partial charge in [-0.1, -0.05) is 52.0 Å². The van der Waals surface area contributed by atoms with Gasteiger partial charge in [0.1, 0.15) is 0 Å². The van der Waals surface area contributed by atoms with Gasteiger partial charge >= 0.3 is 0 Å². The maximum atomic E-state index is 11.9. The van der Waals surface area contributed by atoms with Crippen molar-refractivity contribution in [2.45, 2.75) is 5.22 Å². The van der Waals surface area contributed by atoms with Crippen molar-refractivity contribution in [3.05, 3.63) is 59.1 Å². The minimum absolute atomic E-state index is 0.132. The molecular formula is C16H12BrN3O2S. The van der Waals surface area contributed by atoms with Crippen molar-refractivity contribution < 1.29 is 9.21 Å². The Morgan fingerprint density at radius 2 is 1.96 bits per heavy atom. The van der Waals surface area contributed by atoms with E-state index in [-0.39, 0.29) is 11.7 Å². The molecule has 0 bridgehead atoms. The van der Waals surface area contributed by atoms with Crippen LogP contribution in [0.2, 0.25) is 0 Å². The molecule has 1 aromatic heterocycles.